The molecular formula is C22H28O5. The maximum absolute atomic E-state index is 12.7. The number of allylic oxidation sites excluding steroid dienone is 5. The Morgan fingerprint density at radius 1 is 1.33 bits per heavy atom. The minimum atomic E-state index is -0.500. The molecule has 2 unspecified atom stereocenters. The van der Waals surface area contributed by atoms with E-state index >= 15 is 0 Å². The van der Waals surface area contributed by atoms with Crippen molar-refractivity contribution in [3.63, 3.8) is 0 Å². The fourth-order valence-electron chi connectivity index (χ4n) is 3.70. The van der Waals surface area contributed by atoms with Crippen molar-refractivity contribution in [2.24, 2.45) is 17.3 Å². The van der Waals surface area contributed by atoms with E-state index in [2.05, 4.69) is 6.58 Å². The van der Waals surface area contributed by atoms with Crippen LogP contribution < -0.4 is 0 Å². The van der Waals surface area contributed by atoms with E-state index in [9.17, 15) is 14.4 Å². The van der Waals surface area contributed by atoms with Gasteiger partial charge in [-0.15, -0.1) is 0 Å². The van der Waals surface area contributed by atoms with Crippen LogP contribution >= 0.6 is 0 Å². The number of ether oxygens (including phenoxy) is 2. The molecule has 5 nitrogen and oxygen atoms in total. The van der Waals surface area contributed by atoms with Crippen molar-refractivity contribution < 1.29 is 23.9 Å². The van der Waals surface area contributed by atoms with Crippen molar-refractivity contribution in [1.82, 2.24) is 0 Å². The second kappa shape index (κ2) is 8.07. The highest BCUT2D eigenvalue weighted by molar-refractivity contribution is 6.00. The third-order valence-electron chi connectivity index (χ3n) is 5.62. The summed E-state index contributed by atoms with van der Waals surface area (Å²) in [6, 6.07) is 0. The number of esters is 2. The summed E-state index contributed by atoms with van der Waals surface area (Å²) in [6.45, 7) is 11.1. The summed E-state index contributed by atoms with van der Waals surface area (Å²) in [5, 5.41) is 0. The quantitative estimate of drug-likeness (QED) is 0.387. The normalized spacial score (nSPS) is 27.1. The average Bonchev–Trinajstić information content (AvgIpc) is 3.05. The summed E-state index contributed by atoms with van der Waals surface area (Å²) in [6.07, 6.45) is 7.32. The van der Waals surface area contributed by atoms with Crippen LogP contribution in [0.1, 0.15) is 40.5 Å². The Morgan fingerprint density at radius 3 is 2.59 bits per heavy atom. The molecule has 0 heterocycles. The molecule has 2 aliphatic rings. The SMILES string of the molecule is C=C/C=C/CC1=C(C)C(OC(=O)C2[C@H](/C=C(/C)C(=O)OC)C2(C)C)CC1=O. The minimum absolute atomic E-state index is 0.0204. The van der Waals surface area contributed by atoms with E-state index in [0.29, 0.717) is 17.6 Å². The number of rotatable bonds is 7. The van der Waals surface area contributed by atoms with Crippen LogP contribution in [0, 0.1) is 17.3 Å². The predicted molar refractivity (Wildman–Crippen MR) is 103 cm³/mol. The van der Waals surface area contributed by atoms with Crippen LogP contribution in [0.4, 0.5) is 0 Å². The zero-order valence-corrected chi connectivity index (χ0v) is 16.7. The van der Waals surface area contributed by atoms with Gasteiger partial charge in [0, 0.05) is 11.1 Å². The lowest BCUT2D eigenvalue weighted by molar-refractivity contribution is -0.150. The first-order valence-corrected chi connectivity index (χ1v) is 9.12. The minimum Gasteiger partial charge on any atom is -0.466 e. The molecule has 3 atom stereocenters. The van der Waals surface area contributed by atoms with E-state index in [0.717, 1.165) is 5.57 Å². The summed E-state index contributed by atoms with van der Waals surface area (Å²) in [5.74, 6) is -1.11. The lowest BCUT2D eigenvalue weighted by Gasteiger charge is -2.13. The molecule has 0 aliphatic heterocycles. The molecular weight excluding hydrogens is 344 g/mol. The first-order valence-electron chi connectivity index (χ1n) is 9.12. The third kappa shape index (κ3) is 4.29. The summed E-state index contributed by atoms with van der Waals surface area (Å²) in [4.78, 5) is 36.5. The van der Waals surface area contributed by atoms with Gasteiger partial charge in [-0.1, -0.05) is 44.7 Å². The van der Waals surface area contributed by atoms with E-state index < -0.39 is 12.1 Å². The molecule has 1 saturated carbocycles. The van der Waals surface area contributed by atoms with Crippen LogP contribution in [-0.2, 0) is 23.9 Å². The van der Waals surface area contributed by atoms with Crippen LogP contribution in [0.15, 0.2) is 47.6 Å². The monoisotopic (exact) mass is 372 g/mol. The van der Waals surface area contributed by atoms with Gasteiger partial charge in [0.05, 0.1) is 19.4 Å². The van der Waals surface area contributed by atoms with Crippen molar-refractivity contribution in [3.05, 3.63) is 47.6 Å². The number of hydrogen-bond donors (Lipinski definition) is 0. The molecule has 2 rings (SSSR count). The number of carbonyl (C=O) groups is 3. The first kappa shape index (κ1) is 20.9. The Morgan fingerprint density at radius 2 is 2.00 bits per heavy atom. The Kier molecular flexibility index (Phi) is 6.24. The van der Waals surface area contributed by atoms with Gasteiger partial charge in [0.25, 0.3) is 0 Å². The first-order chi connectivity index (χ1) is 12.6. The molecule has 0 spiro atoms. The lowest BCUT2D eigenvalue weighted by atomic mass is 10.1. The van der Waals surface area contributed by atoms with Crippen molar-refractivity contribution >= 4 is 17.7 Å². The van der Waals surface area contributed by atoms with Gasteiger partial charge in [-0.3, -0.25) is 9.59 Å². The number of ketones is 1. The number of Topliss-reactive ketones (excluding diaryl/α,β-unsaturated/α-hetero) is 1. The molecule has 27 heavy (non-hydrogen) atoms. The maximum atomic E-state index is 12.7. The molecule has 0 radical (unpaired) electrons. The Balaban J connectivity index is 2.07. The van der Waals surface area contributed by atoms with Crippen molar-refractivity contribution in [1.29, 1.82) is 0 Å². The molecule has 146 valence electrons. The van der Waals surface area contributed by atoms with Crippen molar-refractivity contribution in [3.8, 4) is 0 Å². The average molecular weight is 372 g/mol. The Labute approximate surface area is 160 Å². The van der Waals surface area contributed by atoms with E-state index in [1.54, 1.807) is 25.2 Å². The van der Waals surface area contributed by atoms with Gasteiger partial charge in [-0.05, 0) is 37.2 Å². The molecule has 2 aliphatic carbocycles. The van der Waals surface area contributed by atoms with Gasteiger partial charge in [-0.2, -0.15) is 0 Å². The Bertz CT molecular complexity index is 751. The van der Waals surface area contributed by atoms with Crippen LogP contribution in [-0.4, -0.2) is 30.9 Å². The van der Waals surface area contributed by atoms with Crippen molar-refractivity contribution in [2.75, 3.05) is 7.11 Å². The third-order valence-corrected chi connectivity index (χ3v) is 5.62. The molecule has 0 amide bonds. The molecule has 0 aromatic rings. The largest absolute Gasteiger partial charge is 0.466 e. The van der Waals surface area contributed by atoms with Crippen LogP contribution in [0.25, 0.3) is 0 Å². The molecule has 0 aromatic carbocycles. The van der Waals surface area contributed by atoms with Crippen LogP contribution in [0.5, 0.6) is 0 Å². The van der Waals surface area contributed by atoms with Gasteiger partial charge < -0.3 is 9.47 Å². The van der Waals surface area contributed by atoms with Gasteiger partial charge in [0.2, 0.25) is 0 Å². The van der Waals surface area contributed by atoms with E-state index in [1.807, 2.05) is 26.8 Å². The van der Waals surface area contributed by atoms with Gasteiger partial charge in [0.1, 0.15) is 6.10 Å². The van der Waals surface area contributed by atoms with E-state index in [-0.39, 0.29) is 35.4 Å². The molecule has 5 heteroatoms. The van der Waals surface area contributed by atoms with Gasteiger partial charge in [-0.25, -0.2) is 4.79 Å². The second-order valence-corrected chi connectivity index (χ2v) is 7.75. The second-order valence-electron chi connectivity index (χ2n) is 7.75. The summed E-state index contributed by atoms with van der Waals surface area (Å²) >= 11 is 0. The van der Waals surface area contributed by atoms with E-state index in [1.165, 1.54) is 7.11 Å². The van der Waals surface area contributed by atoms with Gasteiger partial charge >= 0.3 is 11.9 Å². The zero-order valence-electron chi connectivity index (χ0n) is 16.7. The highest BCUT2D eigenvalue weighted by Gasteiger charge is 2.62. The van der Waals surface area contributed by atoms with Crippen LogP contribution in [0.2, 0.25) is 0 Å². The summed E-state index contributed by atoms with van der Waals surface area (Å²) < 4.78 is 10.4. The summed E-state index contributed by atoms with van der Waals surface area (Å²) in [5.41, 5.74) is 1.72. The lowest BCUT2D eigenvalue weighted by Crippen LogP contribution is -2.20. The highest BCUT2D eigenvalue weighted by atomic mass is 16.5. The molecule has 0 N–H and O–H groups in total. The topological polar surface area (TPSA) is 69.7 Å². The van der Waals surface area contributed by atoms with Crippen molar-refractivity contribution in [2.45, 2.75) is 46.6 Å². The van der Waals surface area contributed by atoms with Gasteiger partial charge in [0.15, 0.2) is 5.78 Å². The number of methoxy groups -OCH3 is 1. The summed E-state index contributed by atoms with van der Waals surface area (Å²) in [7, 11) is 1.33. The maximum Gasteiger partial charge on any atom is 0.333 e. The molecule has 0 saturated heterocycles. The number of carbonyl (C=O) groups excluding carboxylic acids is 3. The highest BCUT2D eigenvalue weighted by Crippen LogP contribution is 2.60. The zero-order chi connectivity index (χ0) is 20.4. The Hall–Kier alpha value is -2.43. The molecule has 1 fully saturated rings. The fourth-order valence-corrected chi connectivity index (χ4v) is 3.70. The smallest absolute Gasteiger partial charge is 0.333 e. The van der Waals surface area contributed by atoms with Crippen LogP contribution in [0.3, 0.4) is 0 Å². The number of hydrogen-bond acceptors (Lipinski definition) is 5. The fraction of sp³-hybridized carbons (Fsp3) is 0.500. The van der Waals surface area contributed by atoms with E-state index in [4.69, 9.17) is 9.47 Å². The molecule has 0 bridgehead atoms. The predicted octanol–water partition coefficient (Wildman–Crippen LogP) is 3.71. The standard InChI is InChI=1S/C22H28O5/c1-7-8-9-10-15-14(3)18(12-17(15)23)27-21(25)19-16(22(19,4)5)11-13(2)20(24)26-6/h7-9,11,16,18-19H,1,10,12H2,2-6H3/b9-8+,13-11-/t16-,18?,19?/m0/s1. The molecule has 0 aromatic heterocycles.